The smallest absolute Gasteiger partial charge is 0.218 e. The summed E-state index contributed by atoms with van der Waals surface area (Å²) < 4.78 is 2.51. The average molecular weight is 337 g/mol. The minimum Gasteiger partial charge on any atom is -0.394 e. The monoisotopic (exact) mass is 336 g/mol. The summed E-state index contributed by atoms with van der Waals surface area (Å²) in [6, 6.07) is 8.49. The first-order valence-corrected chi connectivity index (χ1v) is 7.80. The molecule has 0 saturated carbocycles. The number of pyridine rings is 1. The molecule has 0 aliphatic carbocycles. The molecule has 1 unspecified atom stereocenters. The summed E-state index contributed by atoms with van der Waals surface area (Å²) in [5.41, 5.74) is 7.26. The van der Waals surface area contributed by atoms with E-state index in [1.165, 1.54) is 10.5 Å². The molecular formula is C14H13BrN2OS. The van der Waals surface area contributed by atoms with Crippen molar-refractivity contribution in [1.29, 1.82) is 0 Å². The van der Waals surface area contributed by atoms with Crippen molar-refractivity contribution in [2.24, 2.45) is 0 Å². The number of fused-ring (bicyclic) bond motifs is 1. The van der Waals surface area contributed by atoms with Crippen LogP contribution in [0, 0.1) is 0 Å². The Morgan fingerprint density at radius 2 is 2.16 bits per heavy atom. The Balaban J connectivity index is 1.90. The SMILES string of the molecule is Nc1cn(CC2CSc3ccccc32)cc(Br)c1=O. The lowest BCUT2D eigenvalue weighted by molar-refractivity contribution is 0.601. The minimum absolute atomic E-state index is 0.141. The fourth-order valence-corrected chi connectivity index (χ4v) is 4.09. The van der Waals surface area contributed by atoms with Crippen LogP contribution >= 0.6 is 27.7 Å². The van der Waals surface area contributed by atoms with Crippen molar-refractivity contribution in [3.63, 3.8) is 0 Å². The van der Waals surface area contributed by atoms with Crippen LogP contribution < -0.4 is 11.2 Å². The molecule has 5 heteroatoms. The molecule has 0 saturated heterocycles. The maximum Gasteiger partial charge on any atom is 0.218 e. The number of hydrogen-bond acceptors (Lipinski definition) is 3. The Bertz CT molecular complexity index is 657. The molecule has 2 heterocycles. The van der Waals surface area contributed by atoms with Crippen molar-refractivity contribution >= 4 is 33.4 Å². The van der Waals surface area contributed by atoms with Crippen LogP contribution in [0.3, 0.4) is 0 Å². The third-order valence-electron chi connectivity index (χ3n) is 3.29. The van der Waals surface area contributed by atoms with Crippen LogP contribution in [0.2, 0.25) is 0 Å². The minimum atomic E-state index is -0.141. The average Bonchev–Trinajstić information content (AvgIpc) is 2.79. The van der Waals surface area contributed by atoms with Gasteiger partial charge >= 0.3 is 0 Å². The third kappa shape index (κ3) is 2.44. The van der Waals surface area contributed by atoms with Crippen molar-refractivity contribution in [1.82, 2.24) is 4.57 Å². The Labute approximate surface area is 123 Å². The summed E-state index contributed by atoms with van der Waals surface area (Å²) in [6.45, 7) is 0.840. The third-order valence-corrected chi connectivity index (χ3v) is 5.11. The number of thioether (sulfide) groups is 1. The molecule has 1 aliphatic heterocycles. The number of nitrogens with zero attached hydrogens (tertiary/aromatic N) is 1. The maximum absolute atomic E-state index is 11.6. The molecule has 3 rings (SSSR count). The molecule has 3 nitrogen and oxygen atoms in total. The Morgan fingerprint density at radius 3 is 2.95 bits per heavy atom. The summed E-state index contributed by atoms with van der Waals surface area (Å²) in [6.07, 6.45) is 3.53. The van der Waals surface area contributed by atoms with Gasteiger partial charge in [0.1, 0.15) is 0 Å². The van der Waals surface area contributed by atoms with Crippen LogP contribution in [-0.4, -0.2) is 10.3 Å². The number of aromatic nitrogens is 1. The second-order valence-corrected chi connectivity index (χ2v) is 6.55. The zero-order valence-corrected chi connectivity index (χ0v) is 12.6. The Morgan fingerprint density at radius 1 is 1.37 bits per heavy atom. The quantitative estimate of drug-likeness (QED) is 0.916. The molecule has 2 N–H and O–H groups in total. The molecule has 1 aliphatic rings. The first-order valence-electron chi connectivity index (χ1n) is 6.02. The number of nitrogen functional groups attached to an aromatic ring is 1. The summed E-state index contributed by atoms with van der Waals surface area (Å²) in [4.78, 5) is 12.9. The topological polar surface area (TPSA) is 48.0 Å². The van der Waals surface area contributed by atoms with Gasteiger partial charge in [-0.25, -0.2) is 0 Å². The van der Waals surface area contributed by atoms with Gasteiger partial charge in [0.25, 0.3) is 0 Å². The first-order chi connectivity index (χ1) is 9.15. The van der Waals surface area contributed by atoms with E-state index >= 15 is 0 Å². The van der Waals surface area contributed by atoms with E-state index in [4.69, 9.17) is 5.73 Å². The number of anilines is 1. The number of nitrogens with two attached hydrogens (primary N) is 1. The molecular weight excluding hydrogens is 324 g/mol. The van der Waals surface area contributed by atoms with Gasteiger partial charge in [-0.1, -0.05) is 18.2 Å². The fraction of sp³-hybridized carbons (Fsp3) is 0.214. The van der Waals surface area contributed by atoms with Gasteiger partial charge in [0.15, 0.2) is 0 Å². The van der Waals surface area contributed by atoms with E-state index in [1.54, 1.807) is 6.20 Å². The summed E-state index contributed by atoms with van der Waals surface area (Å²) in [7, 11) is 0. The largest absolute Gasteiger partial charge is 0.394 e. The molecule has 0 amide bonds. The second kappa shape index (κ2) is 5.06. The maximum atomic E-state index is 11.6. The summed E-state index contributed by atoms with van der Waals surface area (Å²) in [5, 5.41) is 0. The van der Waals surface area contributed by atoms with Crippen LogP contribution in [0.15, 0.2) is 50.8 Å². The van der Waals surface area contributed by atoms with E-state index in [1.807, 2.05) is 22.5 Å². The molecule has 0 bridgehead atoms. The molecule has 1 atom stereocenters. The molecule has 2 aromatic rings. The highest BCUT2D eigenvalue weighted by Gasteiger charge is 2.22. The lowest BCUT2D eigenvalue weighted by Gasteiger charge is -2.14. The van der Waals surface area contributed by atoms with E-state index < -0.39 is 0 Å². The number of hydrogen-bond donors (Lipinski definition) is 1. The molecule has 19 heavy (non-hydrogen) atoms. The van der Waals surface area contributed by atoms with Gasteiger partial charge in [-0.3, -0.25) is 4.79 Å². The molecule has 98 valence electrons. The van der Waals surface area contributed by atoms with Crippen LogP contribution in [0.25, 0.3) is 0 Å². The lowest BCUT2D eigenvalue weighted by Crippen LogP contribution is -2.16. The first kappa shape index (κ1) is 12.8. The highest BCUT2D eigenvalue weighted by molar-refractivity contribution is 9.10. The van der Waals surface area contributed by atoms with Crippen molar-refractivity contribution in [3.8, 4) is 0 Å². The van der Waals surface area contributed by atoms with E-state index in [9.17, 15) is 4.79 Å². The number of halogens is 1. The molecule has 0 radical (unpaired) electrons. The van der Waals surface area contributed by atoms with Crippen LogP contribution in [-0.2, 0) is 6.54 Å². The molecule has 1 aromatic heterocycles. The second-order valence-electron chi connectivity index (χ2n) is 4.63. The van der Waals surface area contributed by atoms with Gasteiger partial charge in [-0.2, -0.15) is 0 Å². The zero-order valence-electron chi connectivity index (χ0n) is 10.2. The molecule has 0 spiro atoms. The van der Waals surface area contributed by atoms with E-state index in [2.05, 4.69) is 40.2 Å². The molecule has 1 aromatic carbocycles. The van der Waals surface area contributed by atoms with Gasteiger partial charge in [0, 0.05) is 35.5 Å². The summed E-state index contributed by atoms with van der Waals surface area (Å²) in [5.74, 6) is 1.54. The van der Waals surface area contributed by atoms with Gasteiger partial charge in [0.05, 0.1) is 10.2 Å². The van der Waals surface area contributed by atoms with Gasteiger partial charge in [0.2, 0.25) is 5.43 Å². The van der Waals surface area contributed by atoms with E-state index in [0.717, 1.165) is 12.3 Å². The normalized spacial score (nSPS) is 17.4. The van der Waals surface area contributed by atoms with Crippen molar-refractivity contribution in [3.05, 3.63) is 56.9 Å². The molecule has 0 fully saturated rings. The Hall–Kier alpha value is -1.20. The summed E-state index contributed by atoms with van der Waals surface area (Å²) >= 11 is 5.15. The van der Waals surface area contributed by atoms with Gasteiger partial charge < -0.3 is 10.3 Å². The van der Waals surface area contributed by atoms with Crippen LogP contribution in [0.4, 0.5) is 5.69 Å². The highest BCUT2D eigenvalue weighted by Crippen LogP contribution is 2.40. The number of rotatable bonds is 2. The van der Waals surface area contributed by atoms with Crippen molar-refractivity contribution in [2.45, 2.75) is 17.4 Å². The van der Waals surface area contributed by atoms with Crippen LogP contribution in [0.5, 0.6) is 0 Å². The van der Waals surface area contributed by atoms with E-state index in [-0.39, 0.29) is 11.1 Å². The van der Waals surface area contributed by atoms with Crippen molar-refractivity contribution < 1.29 is 0 Å². The van der Waals surface area contributed by atoms with E-state index in [0.29, 0.717) is 10.4 Å². The standard InChI is InChI=1S/C14H13BrN2OS/c15-11-6-17(7-12(16)14(11)18)5-9-8-19-13-4-2-1-3-10(9)13/h1-4,6-7,9H,5,8,16H2. The predicted octanol–water partition coefficient (Wildman–Crippen LogP) is 3.08. The van der Waals surface area contributed by atoms with Gasteiger partial charge in [-0.05, 0) is 27.6 Å². The zero-order chi connectivity index (χ0) is 13.4. The predicted molar refractivity (Wildman–Crippen MR) is 82.7 cm³/mol. The Kier molecular flexibility index (Phi) is 3.41. The van der Waals surface area contributed by atoms with Crippen molar-refractivity contribution in [2.75, 3.05) is 11.5 Å². The lowest BCUT2D eigenvalue weighted by atomic mass is 10.0. The fourth-order valence-electron chi connectivity index (χ4n) is 2.36. The number of benzene rings is 1. The highest BCUT2D eigenvalue weighted by atomic mass is 79.9. The van der Waals surface area contributed by atoms with Crippen LogP contribution in [0.1, 0.15) is 11.5 Å². The van der Waals surface area contributed by atoms with Gasteiger partial charge in [-0.15, -0.1) is 11.8 Å².